The standard InChI is InChI=1S/C54H91NO3/c1-3-5-7-9-11-12-13-14-15-16-17-18-19-20-21-22-23-24-25-26-27-28-29-30-31-32-33-34-35-36-37-38-39-40-41-42-44-46-48-50-54(58)55-52(51-56)53(57)49-47-45-43-10-8-6-4-2/h5,7-8,10-12,14-15,17-18,20-21,23-24,26-27,47,49,52-53,56-57H,3-4,6,9,13,16,19,22,25,28-46,48,50-51H2,1-2H3,(H,55,58)/b7-5-,10-8+,12-11-,15-14-,18-17-,21-20-,24-23-,27-26-,49-47+. The summed E-state index contributed by atoms with van der Waals surface area (Å²) in [6.07, 6.45) is 73.9. The molecule has 1 amide bonds. The molecule has 0 aliphatic carbocycles. The predicted octanol–water partition coefficient (Wildman–Crippen LogP) is 15.6. The maximum atomic E-state index is 12.3. The highest BCUT2D eigenvalue weighted by molar-refractivity contribution is 5.76. The number of aliphatic hydroxyl groups is 2. The Hall–Kier alpha value is -2.95. The van der Waals surface area contributed by atoms with Gasteiger partial charge in [0.25, 0.3) is 0 Å². The third-order valence-corrected chi connectivity index (χ3v) is 10.2. The average molecular weight is 802 g/mol. The SMILES string of the molecule is CC/C=C\C/C=C\C/C=C\C/C=C\C/C=C\C/C=C\C/C=C\CCCCCCCCCCCCCCCCCCCC(=O)NC(CO)C(O)/C=C/CC/C=C/CCC. The second-order valence-electron chi connectivity index (χ2n) is 15.8. The van der Waals surface area contributed by atoms with Crippen LogP contribution >= 0.6 is 0 Å². The summed E-state index contributed by atoms with van der Waals surface area (Å²) in [6.45, 7) is 4.06. The zero-order valence-electron chi connectivity index (χ0n) is 37.8. The van der Waals surface area contributed by atoms with Gasteiger partial charge in [-0.25, -0.2) is 0 Å². The van der Waals surface area contributed by atoms with Gasteiger partial charge < -0.3 is 15.5 Å². The van der Waals surface area contributed by atoms with Crippen LogP contribution in [0.4, 0.5) is 0 Å². The second-order valence-corrected chi connectivity index (χ2v) is 15.8. The number of unbranched alkanes of at least 4 members (excludes halogenated alkanes) is 19. The van der Waals surface area contributed by atoms with E-state index in [2.05, 4.69) is 116 Å². The van der Waals surface area contributed by atoms with E-state index in [0.717, 1.165) is 83.5 Å². The highest BCUT2D eigenvalue weighted by Crippen LogP contribution is 2.15. The van der Waals surface area contributed by atoms with Gasteiger partial charge in [-0.05, 0) is 83.5 Å². The smallest absolute Gasteiger partial charge is 0.220 e. The molecule has 330 valence electrons. The first-order chi connectivity index (χ1) is 28.7. The van der Waals surface area contributed by atoms with Crippen molar-refractivity contribution in [2.75, 3.05) is 6.61 Å². The van der Waals surface area contributed by atoms with Crippen molar-refractivity contribution in [1.29, 1.82) is 0 Å². The van der Waals surface area contributed by atoms with Crippen molar-refractivity contribution in [3.05, 3.63) is 109 Å². The number of carbonyl (C=O) groups is 1. The first kappa shape index (κ1) is 55.0. The molecule has 2 atom stereocenters. The molecule has 0 bridgehead atoms. The summed E-state index contributed by atoms with van der Waals surface area (Å²) in [6, 6.07) is -0.640. The lowest BCUT2D eigenvalue weighted by atomic mass is 10.0. The van der Waals surface area contributed by atoms with E-state index in [-0.39, 0.29) is 12.5 Å². The Labute approximate surface area is 359 Å². The van der Waals surface area contributed by atoms with Crippen molar-refractivity contribution >= 4 is 5.91 Å². The molecule has 0 saturated carbocycles. The van der Waals surface area contributed by atoms with Crippen LogP contribution in [0.5, 0.6) is 0 Å². The molecular formula is C54H91NO3. The van der Waals surface area contributed by atoms with Crippen LogP contribution in [0.15, 0.2) is 109 Å². The summed E-state index contributed by atoms with van der Waals surface area (Å²) in [5.41, 5.74) is 0. The van der Waals surface area contributed by atoms with Crippen LogP contribution in [0.25, 0.3) is 0 Å². The van der Waals surface area contributed by atoms with Gasteiger partial charge in [0.05, 0.1) is 18.8 Å². The van der Waals surface area contributed by atoms with E-state index in [4.69, 9.17) is 0 Å². The first-order valence-corrected chi connectivity index (χ1v) is 24.1. The molecule has 0 aliphatic rings. The molecule has 58 heavy (non-hydrogen) atoms. The van der Waals surface area contributed by atoms with Gasteiger partial charge in [0.15, 0.2) is 0 Å². The van der Waals surface area contributed by atoms with E-state index in [0.29, 0.717) is 6.42 Å². The summed E-state index contributed by atoms with van der Waals surface area (Å²) in [5.74, 6) is -0.0821. The average Bonchev–Trinajstić information content (AvgIpc) is 3.23. The summed E-state index contributed by atoms with van der Waals surface area (Å²) < 4.78 is 0. The number of carbonyl (C=O) groups excluding carboxylic acids is 1. The molecule has 2 unspecified atom stereocenters. The second kappa shape index (κ2) is 48.4. The van der Waals surface area contributed by atoms with Gasteiger partial charge in [0.1, 0.15) is 0 Å². The first-order valence-electron chi connectivity index (χ1n) is 24.1. The minimum atomic E-state index is -0.862. The zero-order valence-corrected chi connectivity index (χ0v) is 37.8. The number of allylic oxidation sites excluding steroid dienone is 17. The third kappa shape index (κ3) is 44.2. The third-order valence-electron chi connectivity index (χ3n) is 10.2. The molecule has 0 heterocycles. The van der Waals surface area contributed by atoms with Crippen LogP contribution in [-0.2, 0) is 4.79 Å². The lowest BCUT2D eigenvalue weighted by Crippen LogP contribution is -2.45. The Balaban J connectivity index is 3.48. The van der Waals surface area contributed by atoms with E-state index in [1.54, 1.807) is 6.08 Å². The molecule has 0 saturated heterocycles. The van der Waals surface area contributed by atoms with Gasteiger partial charge in [-0.15, -0.1) is 0 Å². The van der Waals surface area contributed by atoms with E-state index in [1.165, 1.54) is 103 Å². The van der Waals surface area contributed by atoms with Crippen molar-refractivity contribution in [2.24, 2.45) is 0 Å². The summed E-state index contributed by atoms with van der Waals surface area (Å²) in [7, 11) is 0. The minimum Gasteiger partial charge on any atom is -0.394 e. The van der Waals surface area contributed by atoms with Gasteiger partial charge >= 0.3 is 0 Å². The minimum absolute atomic E-state index is 0.0821. The van der Waals surface area contributed by atoms with Crippen LogP contribution in [0.2, 0.25) is 0 Å². The fourth-order valence-electron chi connectivity index (χ4n) is 6.59. The zero-order chi connectivity index (χ0) is 42.1. The maximum Gasteiger partial charge on any atom is 0.220 e. The molecule has 0 rings (SSSR count). The highest BCUT2D eigenvalue weighted by atomic mass is 16.3. The van der Waals surface area contributed by atoms with Gasteiger partial charge in [0.2, 0.25) is 5.91 Å². The molecule has 0 aromatic heterocycles. The number of hydrogen-bond acceptors (Lipinski definition) is 3. The molecule has 3 N–H and O–H groups in total. The van der Waals surface area contributed by atoms with Gasteiger partial charge in [0, 0.05) is 6.42 Å². The van der Waals surface area contributed by atoms with Crippen LogP contribution in [0.1, 0.15) is 206 Å². The van der Waals surface area contributed by atoms with Crippen LogP contribution < -0.4 is 5.32 Å². The molecule has 4 heteroatoms. The van der Waals surface area contributed by atoms with Gasteiger partial charge in [-0.3, -0.25) is 4.79 Å². The van der Waals surface area contributed by atoms with Crippen LogP contribution in [-0.4, -0.2) is 34.9 Å². The quantitative estimate of drug-likeness (QED) is 0.0425. The Morgan fingerprint density at radius 1 is 0.431 bits per heavy atom. The molecule has 4 nitrogen and oxygen atoms in total. The Morgan fingerprint density at radius 3 is 1.19 bits per heavy atom. The highest BCUT2D eigenvalue weighted by Gasteiger charge is 2.17. The van der Waals surface area contributed by atoms with Crippen molar-refractivity contribution in [3.8, 4) is 0 Å². The molecule has 0 fully saturated rings. The molecule has 0 aromatic rings. The molecular weight excluding hydrogens is 711 g/mol. The summed E-state index contributed by atoms with van der Waals surface area (Å²) >= 11 is 0. The topological polar surface area (TPSA) is 69.6 Å². The maximum absolute atomic E-state index is 12.3. The molecule has 0 spiro atoms. The lowest BCUT2D eigenvalue weighted by molar-refractivity contribution is -0.123. The fourth-order valence-corrected chi connectivity index (χ4v) is 6.59. The van der Waals surface area contributed by atoms with Crippen molar-refractivity contribution in [1.82, 2.24) is 5.32 Å². The number of hydrogen-bond donors (Lipinski definition) is 3. The molecule has 0 radical (unpaired) electrons. The number of aliphatic hydroxyl groups excluding tert-OH is 2. The lowest BCUT2D eigenvalue weighted by Gasteiger charge is -2.19. The number of rotatable bonds is 42. The Bertz CT molecular complexity index is 1140. The molecule has 0 aromatic carbocycles. The van der Waals surface area contributed by atoms with E-state index < -0.39 is 12.1 Å². The van der Waals surface area contributed by atoms with Crippen molar-refractivity contribution < 1.29 is 15.0 Å². The summed E-state index contributed by atoms with van der Waals surface area (Å²) in [5, 5.41) is 22.7. The van der Waals surface area contributed by atoms with Crippen molar-refractivity contribution in [2.45, 2.75) is 219 Å². The normalized spacial score (nSPS) is 13.9. The largest absolute Gasteiger partial charge is 0.394 e. The van der Waals surface area contributed by atoms with Crippen LogP contribution in [0, 0.1) is 0 Å². The monoisotopic (exact) mass is 802 g/mol. The number of amides is 1. The Morgan fingerprint density at radius 2 is 0.776 bits per heavy atom. The fraction of sp³-hybridized carbons (Fsp3) is 0.648. The van der Waals surface area contributed by atoms with E-state index in [9.17, 15) is 15.0 Å². The summed E-state index contributed by atoms with van der Waals surface area (Å²) in [4.78, 5) is 12.3. The number of nitrogens with one attached hydrogen (secondary N) is 1. The van der Waals surface area contributed by atoms with Crippen molar-refractivity contribution in [3.63, 3.8) is 0 Å². The van der Waals surface area contributed by atoms with E-state index in [1.807, 2.05) is 6.08 Å². The van der Waals surface area contributed by atoms with E-state index >= 15 is 0 Å². The van der Waals surface area contributed by atoms with Crippen LogP contribution in [0.3, 0.4) is 0 Å². The van der Waals surface area contributed by atoms with Gasteiger partial charge in [-0.1, -0.05) is 226 Å². The van der Waals surface area contributed by atoms with Gasteiger partial charge in [-0.2, -0.15) is 0 Å². The molecule has 0 aliphatic heterocycles. The Kier molecular flexibility index (Phi) is 46.0. The predicted molar refractivity (Wildman–Crippen MR) is 257 cm³/mol.